The summed E-state index contributed by atoms with van der Waals surface area (Å²) in [5, 5.41) is 0. The number of carbonyl (C=O) groups excluding carboxylic acids is 2. The van der Waals surface area contributed by atoms with Crippen molar-refractivity contribution in [1.29, 1.82) is 0 Å². The van der Waals surface area contributed by atoms with Crippen molar-refractivity contribution >= 4 is 11.9 Å². The summed E-state index contributed by atoms with van der Waals surface area (Å²) in [6.45, 7) is 5.19. The minimum absolute atomic E-state index is 0.133. The minimum atomic E-state index is -0.133. The van der Waals surface area contributed by atoms with Crippen molar-refractivity contribution < 1.29 is 28.5 Å². The molecular weight excluding hydrogens is 564 g/mol. The summed E-state index contributed by atoms with van der Waals surface area (Å²) in [7, 11) is 0. The minimum Gasteiger partial charge on any atom is -0.466 e. The average Bonchev–Trinajstić information content (AvgIpc) is 3.96. The molecule has 0 bridgehead atoms. The van der Waals surface area contributed by atoms with Gasteiger partial charge in [0.2, 0.25) is 0 Å². The predicted molar refractivity (Wildman–Crippen MR) is 184 cm³/mol. The molecule has 2 aliphatic heterocycles. The highest BCUT2D eigenvalue weighted by Crippen LogP contribution is 2.33. The van der Waals surface area contributed by atoms with Crippen molar-refractivity contribution in [2.75, 3.05) is 13.2 Å². The van der Waals surface area contributed by atoms with Gasteiger partial charge in [-0.3, -0.25) is 9.59 Å². The molecule has 2 fully saturated rings. The van der Waals surface area contributed by atoms with E-state index in [1.807, 2.05) is 0 Å². The first-order chi connectivity index (χ1) is 22.1. The van der Waals surface area contributed by atoms with Gasteiger partial charge in [0.25, 0.3) is 0 Å². The van der Waals surface area contributed by atoms with Gasteiger partial charge in [0.1, 0.15) is 0 Å². The van der Waals surface area contributed by atoms with E-state index in [4.69, 9.17) is 18.9 Å². The number of ether oxygens (including phenoxy) is 4. The molecule has 0 aromatic heterocycles. The Bertz CT molecular complexity index is 654. The first kappa shape index (κ1) is 40.0. The van der Waals surface area contributed by atoms with E-state index in [0.717, 1.165) is 25.7 Å². The summed E-state index contributed by atoms with van der Waals surface area (Å²) in [5.74, 6) is -0.265. The normalized spacial score (nSPS) is 20.3. The summed E-state index contributed by atoms with van der Waals surface area (Å²) < 4.78 is 22.3. The Balaban J connectivity index is 1.23. The summed E-state index contributed by atoms with van der Waals surface area (Å²) in [6.07, 6.45) is 36.0. The van der Waals surface area contributed by atoms with Gasteiger partial charge in [0.15, 0.2) is 0 Å². The second-order valence-corrected chi connectivity index (χ2v) is 13.9. The third kappa shape index (κ3) is 23.8. The van der Waals surface area contributed by atoms with Gasteiger partial charge in [0, 0.05) is 19.3 Å². The fourth-order valence-corrected chi connectivity index (χ4v) is 6.49. The standard InChI is InChI=1S/C39H72O6/c1-3-5-7-9-13-19-26-34-36(44-34)28-21-15-11-17-23-30-38(40)42-32-25-33-43-39(41)31-24-18-12-16-22-29-37-35(45-37)27-20-14-10-8-6-4-2/h34-37H,3-33H2,1-2H3. The molecule has 2 aliphatic rings. The molecule has 6 heteroatoms. The van der Waals surface area contributed by atoms with Gasteiger partial charge in [-0.25, -0.2) is 0 Å². The molecule has 4 unspecified atom stereocenters. The number of hydrogen-bond donors (Lipinski definition) is 0. The van der Waals surface area contributed by atoms with E-state index < -0.39 is 0 Å². The van der Waals surface area contributed by atoms with Crippen LogP contribution in [0.15, 0.2) is 0 Å². The zero-order chi connectivity index (χ0) is 32.2. The van der Waals surface area contributed by atoms with Crippen LogP contribution in [0.4, 0.5) is 0 Å². The van der Waals surface area contributed by atoms with Gasteiger partial charge in [0.05, 0.1) is 37.6 Å². The Morgan fingerprint density at radius 2 is 0.689 bits per heavy atom. The Hall–Kier alpha value is -1.14. The molecule has 2 saturated heterocycles. The van der Waals surface area contributed by atoms with Crippen LogP contribution in [0.2, 0.25) is 0 Å². The van der Waals surface area contributed by atoms with Crippen molar-refractivity contribution in [1.82, 2.24) is 0 Å². The highest BCUT2D eigenvalue weighted by molar-refractivity contribution is 5.69. The van der Waals surface area contributed by atoms with Crippen LogP contribution >= 0.6 is 0 Å². The first-order valence-electron chi connectivity index (χ1n) is 19.8. The molecule has 0 radical (unpaired) electrons. The zero-order valence-electron chi connectivity index (χ0n) is 29.7. The number of epoxide rings is 2. The van der Waals surface area contributed by atoms with Gasteiger partial charge >= 0.3 is 11.9 Å². The maximum Gasteiger partial charge on any atom is 0.305 e. The van der Waals surface area contributed by atoms with E-state index in [-0.39, 0.29) is 11.9 Å². The molecule has 0 spiro atoms. The molecule has 0 N–H and O–H groups in total. The lowest BCUT2D eigenvalue weighted by Crippen LogP contribution is -2.10. The van der Waals surface area contributed by atoms with Crippen LogP contribution in [-0.2, 0) is 28.5 Å². The van der Waals surface area contributed by atoms with Crippen molar-refractivity contribution in [2.24, 2.45) is 0 Å². The molecule has 0 saturated carbocycles. The second-order valence-electron chi connectivity index (χ2n) is 13.9. The molecule has 0 aromatic carbocycles. The number of hydrogen-bond acceptors (Lipinski definition) is 6. The fraction of sp³-hybridized carbons (Fsp3) is 0.949. The lowest BCUT2D eigenvalue weighted by atomic mass is 10.0. The highest BCUT2D eigenvalue weighted by Gasteiger charge is 2.37. The van der Waals surface area contributed by atoms with E-state index in [0.29, 0.717) is 56.9 Å². The molecule has 45 heavy (non-hydrogen) atoms. The topological polar surface area (TPSA) is 77.7 Å². The summed E-state index contributed by atoms with van der Waals surface area (Å²) in [4.78, 5) is 23.9. The number of carbonyl (C=O) groups is 2. The molecule has 2 rings (SSSR count). The lowest BCUT2D eigenvalue weighted by Gasteiger charge is -2.07. The Labute approximate surface area is 277 Å². The number of unbranched alkanes of at least 4 members (excludes halogenated alkanes) is 18. The third-order valence-corrected chi connectivity index (χ3v) is 9.61. The van der Waals surface area contributed by atoms with Crippen molar-refractivity contribution in [3.05, 3.63) is 0 Å². The number of rotatable bonds is 34. The van der Waals surface area contributed by atoms with E-state index in [2.05, 4.69) is 13.8 Å². The smallest absolute Gasteiger partial charge is 0.305 e. The molecule has 0 aliphatic carbocycles. The summed E-state index contributed by atoms with van der Waals surface area (Å²) in [6, 6.07) is 0. The Morgan fingerprint density at radius 3 is 1.02 bits per heavy atom. The van der Waals surface area contributed by atoms with E-state index in [1.54, 1.807) is 0 Å². The van der Waals surface area contributed by atoms with Crippen molar-refractivity contribution in [3.8, 4) is 0 Å². The monoisotopic (exact) mass is 637 g/mol. The summed E-state index contributed by atoms with van der Waals surface area (Å²) in [5.41, 5.74) is 0. The largest absolute Gasteiger partial charge is 0.466 e. The molecule has 6 nitrogen and oxygen atoms in total. The van der Waals surface area contributed by atoms with Gasteiger partial charge in [-0.05, 0) is 38.5 Å². The van der Waals surface area contributed by atoms with Crippen LogP contribution < -0.4 is 0 Å². The molecular formula is C39H72O6. The Kier molecular flexibility index (Phi) is 24.8. The van der Waals surface area contributed by atoms with Crippen LogP contribution in [0.25, 0.3) is 0 Å². The molecule has 0 aromatic rings. The van der Waals surface area contributed by atoms with Crippen LogP contribution in [0.1, 0.15) is 200 Å². The summed E-state index contributed by atoms with van der Waals surface area (Å²) >= 11 is 0. The highest BCUT2D eigenvalue weighted by atomic mass is 16.6. The SMILES string of the molecule is CCCCCCCCC1OC1CCCCCCCC(=O)OCCCOC(=O)CCCCCCCC1OC1CCCCCCCC. The van der Waals surface area contributed by atoms with E-state index in [1.165, 1.54) is 141 Å². The van der Waals surface area contributed by atoms with Crippen molar-refractivity contribution in [2.45, 2.75) is 224 Å². The maximum absolute atomic E-state index is 12.0. The average molecular weight is 637 g/mol. The lowest BCUT2D eigenvalue weighted by molar-refractivity contribution is -0.146. The number of esters is 2. The van der Waals surface area contributed by atoms with Crippen LogP contribution in [-0.4, -0.2) is 49.6 Å². The van der Waals surface area contributed by atoms with Gasteiger partial charge in [-0.15, -0.1) is 0 Å². The molecule has 264 valence electrons. The fourth-order valence-electron chi connectivity index (χ4n) is 6.49. The van der Waals surface area contributed by atoms with Crippen LogP contribution in [0.5, 0.6) is 0 Å². The molecule has 2 heterocycles. The van der Waals surface area contributed by atoms with E-state index >= 15 is 0 Å². The van der Waals surface area contributed by atoms with Gasteiger partial charge < -0.3 is 18.9 Å². The van der Waals surface area contributed by atoms with Crippen LogP contribution in [0, 0.1) is 0 Å². The Morgan fingerprint density at radius 1 is 0.400 bits per heavy atom. The quantitative estimate of drug-likeness (QED) is 0.0397. The molecule has 0 amide bonds. The molecule has 4 atom stereocenters. The predicted octanol–water partition coefficient (Wildman–Crippen LogP) is 11.0. The van der Waals surface area contributed by atoms with E-state index in [9.17, 15) is 9.59 Å². The maximum atomic E-state index is 12.0. The van der Waals surface area contributed by atoms with Gasteiger partial charge in [-0.1, -0.05) is 142 Å². The zero-order valence-corrected chi connectivity index (χ0v) is 29.7. The second kappa shape index (κ2) is 27.9. The van der Waals surface area contributed by atoms with Crippen molar-refractivity contribution in [3.63, 3.8) is 0 Å². The van der Waals surface area contributed by atoms with Crippen LogP contribution in [0.3, 0.4) is 0 Å². The van der Waals surface area contributed by atoms with Gasteiger partial charge in [-0.2, -0.15) is 0 Å². The third-order valence-electron chi connectivity index (χ3n) is 9.61. The first-order valence-corrected chi connectivity index (χ1v) is 19.8.